The van der Waals surface area contributed by atoms with E-state index < -0.39 is 0 Å². The SMILES string of the molecule is CCc1sc2ncnc(Cl)c2c1-c1ccc(C)cc1. The molecule has 0 saturated heterocycles. The van der Waals surface area contributed by atoms with Crippen LogP contribution in [0.5, 0.6) is 0 Å². The quantitative estimate of drug-likeness (QED) is 0.628. The number of fused-ring (bicyclic) bond motifs is 1. The van der Waals surface area contributed by atoms with E-state index >= 15 is 0 Å². The van der Waals surface area contributed by atoms with Crippen LogP contribution in [0.2, 0.25) is 5.15 Å². The molecule has 0 fully saturated rings. The third-order valence-electron chi connectivity index (χ3n) is 3.18. The topological polar surface area (TPSA) is 25.8 Å². The molecule has 0 aliphatic carbocycles. The molecule has 0 aliphatic rings. The lowest BCUT2D eigenvalue weighted by Crippen LogP contribution is -1.85. The van der Waals surface area contributed by atoms with E-state index in [9.17, 15) is 0 Å². The van der Waals surface area contributed by atoms with Crippen molar-refractivity contribution < 1.29 is 0 Å². The second kappa shape index (κ2) is 4.91. The molecular weight excluding hydrogens is 276 g/mol. The van der Waals surface area contributed by atoms with Crippen LogP contribution in [0.25, 0.3) is 21.3 Å². The molecule has 0 spiro atoms. The third-order valence-corrected chi connectivity index (χ3v) is 4.70. The first-order valence-corrected chi connectivity index (χ1v) is 7.39. The summed E-state index contributed by atoms with van der Waals surface area (Å²) < 4.78 is 0. The normalized spacial score (nSPS) is 11.1. The van der Waals surface area contributed by atoms with E-state index in [0.717, 1.165) is 16.6 Å². The van der Waals surface area contributed by atoms with Gasteiger partial charge in [0.25, 0.3) is 0 Å². The fourth-order valence-corrected chi connectivity index (χ4v) is 3.60. The van der Waals surface area contributed by atoms with Gasteiger partial charge in [0.15, 0.2) is 0 Å². The van der Waals surface area contributed by atoms with Crippen LogP contribution in [0.1, 0.15) is 17.4 Å². The molecule has 0 atom stereocenters. The maximum Gasteiger partial charge on any atom is 0.141 e. The van der Waals surface area contributed by atoms with Crippen molar-refractivity contribution in [2.45, 2.75) is 20.3 Å². The summed E-state index contributed by atoms with van der Waals surface area (Å²) in [5, 5.41) is 1.52. The third kappa shape index (κ3) is 2.13. The largest absolute Gasteiger partial charge is 0.225 e. The van der Waals surface area contributed by atoms with Crippen molar-refractivity contribution in [3.05, 3.63) is 46.2 Å². The average Bonchev–Trinajstić information content (AvgIpc) is 2.80. The van der Waals surface area contributed by atoms with Crippen LogP contribution in [-0.4, -0.2) is 9.97 Å². The Balaban J connectivity index is 2.35. The highest BCUT2D eigenvalue weighted by Crippen LogP contribution is 2.40. The lowest BCUT2D eigenvalue weighted by atomic mass is 10.0. The highest BCUT2D eigenvalue weighted by atomic mass is 35.5. The molecule has 0 aliphatic heterocycles. The molecule has 2 heterocycles. The monoisotopic (exact) mass is 288 g/mol. The van der Waals surface area contributed by atoms with Crippen molar-refractivity contribution in [2.24, 2.45) is 0 Å². The molecule has 0 N–H and O–H groups in total. The minimum atomic E-state index is 0.538. The van der Waals surface area contributed by atoms with Crippen molar-refractivity contribution in [2.75, 3.05) is 0 Å². The first kappa shape index (κ1) is 12.6. The second-order valence-corrected chi connectivity index (χ2v) is 5.91. The van der Waals surface area contributed by atoms with Crippen molar-refractivity contribution in [3.8, 4) is 11.1 Å². The summed E-state index contributed by atoms with van der Waals surface area (Å²) in [5.41, 5.74) is 3.63. The smallest absolute Gasteiger partial charge is 0.141 e. The van der Waals surface area contributed by atoms with E-state index in [2.05, 4.69) is 48.1 Å². The van der Waals surface area contributed by atoms with Gasteiger partial charge < -0.3 is 0 Å². The second-order valence-electron chi connectivity index (χ2n) is 4.46. The van der Waals surface area contributed by atoms with Crippen LogP contribution in [-0.2, 0) is 6.42 Å². The number of nitrogens with zero attached hydrogens (tertiary/aromatic N) is 2. The van der Waals surface area contributed by atoms with Gasteiger partial charge in [0.2, 0.25) is 0 Å². The zero-order valence-corrected chi connectivity index (χ0v) is 12.3. The van der Waals surface area contributed by atoms with Gasteiger partial charge in [0.05, 0.1) is 5.39 Å². The Labute approximate surface area is 121 Å². The molecule has 2 nitrogen and oxygen atoms in total. The number of thiophene rings is 1. The van der Waals surface area contributed by atoms with E-state index in [0.29, 0.717) is 5.15 Å². The summed E-state index contributed by atoms with van der Waals surface area (Å²) in [6, 6.07) is 8.52. The number of benzene rings is 1. The maximum absolute atomic E-state index is 6.27. The summed E-state index contributed by atoms with van der Waals surface area (Å²) in [6.45, 7) is 4.25. The molecule has 3 aromatic rings. The van der Waals surface area contributed by atoms with E-state index in [1.54, 1.807) is 11.3 Å². The molecule has 3 rings (SSSR count). The minimum Gasteiger partial charge on any atom is -0.225 e. The first-order valence-electron chi connectivity index (χ1n) is 6.19. The summed E-state index contributed by atoms with van der Waals surface area (Å²) in [6.07, 6.45) is 2.50. The van der Waals surface area contributed by atoms with Crippen LogP contribution < -0.4 is 0 Å². The molecule has 0 amide bonds. The summed E-state index contributed by atoms with van der Waals surface area (Å²) >= 11 is 7.97. The minimum absolute atomic E-state index is 0.538. The molecule has 19 heavy (non-hydrogen) atoms. The van der Waals surface area contributed by atoms with Crippen LogP contribution in [0.15, 0.2) is 30.6 Å². The number of aryl methyl sites for hydroxylation is 2. The van der Waals surface area contributed by atoms with Gasteiger partial charge in [-0.1, -0.05) is 48.4 Å². The number of hydrogen-bond acceptors (Lipinski definition) is 3. The van der Waals surface area contributed by atoms with Crippen LogP contribution in [0.3, 0.4) is 0 Å². The van der Waals surface area contributed by atoms with Gasteiger partial charge in [-0.2, -0.15) is 0 Å². The predicted octanol–water partition coefficient (Wildman–Crippen LogP) is 4.88. The summed E-state index contributed by atoms with van der Waals surface area (Å²) in [4.78, 5) is 10.7. The fraction of sp³-hybridized carbons (Fsp3) is 0.200. The number of hydrogen-bond donors (Lipinski definition) is 0. The van der Waals surface area contributed by atoms with Gasteiger partial charge in [-0.25, -0.2) is 9.97 Å². The Morgan fingerprint density at radius 1 is 1.16 bits per heavy atom. The number of rotatable bonds is 2. The van der Waals surface area contributed by atoms with Gasteiger partial charge in [-0.05, 0) is 18.9 Å². The Kier molecular flexibility index (Phi) is 3.25. The van der Waals surface area contributed by atoms with Crippen LogP contribution in [0, 0.1) is 6.92 Å². The van der Waals surface area contributed by atoms with Crippen molar-refractivity contribution in [1.29, 1.82) is 0 Å². The highest BCUT2D eigenvalue weighted by Gasteiger charge is 2.16. The summed E-state index contributed by atoms with van der Waals surface area (Å²) in [7, 11) is 0. The lowest BCUT2D eigenvalue weighted by Gasteiger charge is -2.04. The van der Waals surface area contributed by atoms with Gasteiger partial charge in [-0.3, -0.25) is 0 Å². The number of halogens is 1. The van der Waals surface area contributed by atoms with Crippen LogP contribution >= 0.6 is 22.9 Å². The van der Waals surface area contributed by atoms with Gasteiger partial charge in [0, 0.05) is 10.4 Å². The van der Waals surface area contributed by atoms with Gasteiger partial charge in [0.1, 0.15) is 16.3 Å². The fourth-order valence-electron chi connectivity index (χ4n) is 2.22. The zero-order valence-electron chi connectivity index (χ0n) is 10.8. The lowest BCUT2D eigenvalue weighted by molar-refractivity contribution is 1.19. The molecule has 0 saturated carbocycles. The molecular formula is C15H13ClN2S. The van der Waals surface area contributed by atoms with E-state index in [4.69, 9.17) is 11.6 Å². The molecule has 0 radical (unpaired) electrons. The Hall–Kier alpha value is -1.45. The van der Waals surface area contributed by atoms with Gasteiger partial charge >= 0.3 is 0 Å². The standard InChI is InChI=1S/C15H13ClN2S/c1-3-11-12(10-6-4-9(2)5-7-10)13-14(16)17-8-18-15(13)19-11/h4-8H,3H2,1-2H3. The highest BCUT2D eigenvalue weighted by molar-refractivity contribution is 7.19. The van der Waals surface area contributed by atoms with Crippen LogP contribution in [0.4, 0.5) is 0 Å². The van der Waals surface area contributed by atoms with E-state index in [1.807, 2.05) is 0 Å². The molecule has 1 aromatic carbocycles. The molecule has 4 heteroatoms. The summed E-state index contributed by atoms with van der Waals surface area (Å²) in [5.74, 6) is 0. The Bertz CT molecular complexity index is 732. The Morgan fingerprint density at radius 2 is 1.89 bits per heavy atom. The van der Waals surface area contributed by atoms with Crippen molar-refractivity contribution >= 4 is 33.2 Å². The van der Waals surface area contributed by atoms with Crippen molar-refractivity contribution in [3.63, 3.8) is 0 Å². The predicted molar refractivity (Wildman–Crippen MR) is 82.0 cm³/mol. The molecule has 2 aromatic heterocycles. The van der Waals surface area contributed by atoms with Crippen molar-refractivity contribution in [1.82, 2.24) is 9.97 Å². The molecule has 96 valence electrons. The maximum atomic E-state index is 6.27. The zero-order chi connectivity index (χ0) is 13.4. The average molecular weight is 289 g/mol. The van der Waals surface area contributed by atoms with Gasteiger partial charge in [-0.15, -0.1) is 11.3 Å². The number of aromatic nitrogens is 2. The first-order chi connectivity index (χ1) is 9.20. The van der Waals surface area contributed by atoms with E-state index in [-0.39, 0.29) is 0 Å². The molecule has 0 unspecified atom stereocenters. The van der Waals surface area contributed by atoms with E-state index in [1.165, 1.54) is 27.9 Å². The Morgan fingerprint density at radius 3 is 2.58 bits per heavy atom. The molecule has 0 bridgehead atoms.